The Morgan fingerprint density at radius 2 is 2.11 bits per heavy atom. The maximum Gasteiger partial charge on any atom is 0.419 e. The van der Waals surface area contributed by atoms with Crippen molar-refractivity contribution < 1.29 is 13.2 Å². The maximum absolute atomic E-state index is 12.9. The van der Waals surface area contributed by atoms with Crippen LogP contribution < -0.4 is 10.6 Å². The molecule has 2 rings (SSSR count). The first-order valence-electron chi connectivity index (χ1n) is 6.03. The van der Waals surface area contributed by atoms with Gasteiger partial charge in [0, 0.05) is 25.3 Å². The molecule has 1 aliphatic carbocycles. The highest BCUT2D eigenvalue weighted by molar-refractivity contribution is 5.49. The molecule has 0 saturated heterocycles. The topological polar surface area (TPSA) is 42.1 Å². The molecular formula is C12H16F3N3. The lowest BCUT2D eigenvalue weighted by atomic mass is 9.91. The Balaban J connectivity index is 2.34. The summed E-state index contributed by atoms with van der Waals surface area (Å²) in [4.78, 5) is 5.62. The van der Waals surface area contributed by atoms with Crippen LogP contribution in [0.5, 0.6) is 0 Å². The summed E-state index contributed by atoms with van der Waals surface area (Å²) in [6.45, 7) is 0.731. The Bertz CT molecular complexity index is 402. The van der Waals surface area contributed by atoms with Crippen LogP contribution in [0.4, 0.5) is 19.0 Å². The SMILES string of the molecule is NCCN(c1ncccc1C(F)(F)F)C1CCC1. The fraction of sp³-hybridized carbons (Fsp3) is 0.583. The monoisotopic (exact) mass is 259 g/mol. The lowest BCUT2D eigenvalue weighted by molar-refractivity contribution is -0.137. The Hall–Kier alpha value is -1.30. The first kappa shape index (κ1) is 13.1. The van der Waals surface area contributed by atoms with E-state index in [-0.39, 0.29) is 11.9 Å². The second-order valence-corrected chi connectivity index (χ2v) is 4.44. The standard InChI is InChI=1S/C12H16F3N3/c13-12(14,15)10-5-2-7-17-11(10)18(8-6-16)9-3-1-4-9/h2,5,7,9H,1,3-4,6,8,16H2. The molecule has 1 aromatic heterocycles. The second-order valence-electron chi connectivity index (χ2n) is 4.44. The van der Waals surface area contributed by atoms with Crippen LogP contribution in [-0.4, -0.2) is 24.1 Å². The largest absolute Gasteiger partial charge is 0.419 e. The van der Waals surface area contributed by atoms with Gasteiger partial charge in [-0.05, 0) is 31.4 Å². The van der Waals surface area contributed by atoms with Gasteiger partial charge in [-0.15, -0.1) is 0 Å². The van der Waals surface area contributed by atoms with Crippen molar-refractivity contribution in [2.24, 2.45) is 5.73 Å². The molecule has 18 heavy (non-hydrogen) atoms. The van der Waals surface area contributed by atoms with Gasteiger partial charge in [-0.3, -0.25) is 0 Å². The molecule has 100 valence electrons. The minimum atomic E-state index is -4.37. The summed E-state index contributed by atoms with van der Waals surface area (Å²) in [6, 6.07) is 2.53. The van der Waals surface area contributed by atoms with Crippen LogP contribution in [0.15, 0.2) is 18.3 Å². The van der Waals surface area contributed by atoms with Gasteiger partial charge in [0.25, 0.3) is 0 Å². The number of anilines is 1. The highest BCUT2D eigenvalue weighted by Gasteiger charge is 2.37. The summed E-state index contributed by atoms with van der Waals surface area (Å²) >= 11 is 0. The van der Waals surface area contributed by atoms with Crippen LogP contribution in [-0.2, 0) is 6.18 Å². The van der Waals surface area contributed by atoms with Gasteiger partial charge in [0.2, 0.25) is 0 Å². The average molecular weight is 259 g/mol. The van der Waals surface area contributed by atoms with E-state index in [2.05, 4.69) is 4.98 Å². The molecule has 1 aliphatic rings. The number of halogens is 3. The van der Waals surface area contributed by atoms with Crippen LogP contribution in [0.1, 0.15) is 24.8 Å². The third-order valence-electron chi connectivity index (χ3n) is 3.25. The molecule has 6 heteroatoms. The Morgan fingerprint density at radius 1 is 1.39 bits per heavy atom. The molecule has 0 aromatic carbocycles. The predicted octanol–water partition coefficient (Wildman–Crippen LogP) is 2.42. The molecule has 1 heterocycles. The number of hydrogen-bond acceptors (Lipinski definition) is 3. The van der Waals surface area contributed by atoms with E-state index in [0.717, 1.165) is 25.3 Å². The van der Waals surface area contributed by atoms with E-state index >= 15 is 0 Å². The lowest BCUT2D eigenvalue weighted by Crippen LogP contribution is -2.44. The van der Waals surface area contributed by atoms with Crippen LogP contribution in [0.25, 0.3) is 0 Å². The third kappa shape index (κ3) is 2.58. The smallest absolute Gasteiger partial charge is 0.352 e. The fourth-order valence-electron chi connectivity index (χ4n) is 2.15. The van der Waals surface area contributed by atoms with Gasteiger partial charge in [0.15, 0.2) is 0 Å². The van der Waals surface area contributed by atoms with Gasteiger partial charge >= 0.3 is 6.18 Å². The summed E-state index contributed by atoms with van der Waals surface area (Å²) in [7, 11) is 0. The highest BCUT2D eigenvalue weighted by Crippen LogP contribution is 2.38. The van der Waals surface area contributed by atoms with Gasteiger partial charge in [-0.2, -0.15) is 13.2 Å². The van der Waals surface area contributed by atoms with Crippen molar-refractivity contribution in [2.45, 2.75) is 31.5 Å². The minimum absolute atomic E-state index is 0.0140. The van der Waals surface area contributed by atoms with Crippen molar-refractivity contribution in [3.63, 3.8) is 0 Å². The van der Waals surface area contributed by atoms with Crippen molar-refractivity contribution in [3.05, 3.63) is 23.9 Å². The zero-order valence-corrected chi connectivity index (χ0v) is 9.95. The first-order valence-corrected chi connectivity index (χ1v) is 6.03. The van der Waals surface area contributed by atoms with Crippen molar-refractivity contribution in [1.82, 2.24) is 4.98 Å². The number of nitrogens with zero attached hydrogens (tertiary/aromatic N) is 2. The third-order valence-corrected chi connectivity index (χ3v) is 3.25. The van der Waals surface area contributed by atoms with E-state index in [1.165, 1.54) is 12.3 Å². The van der Waals surface area contributed by atoms with Crippen molar-refractivity contribution in [3.8, 4) is 0 Å². The molecule has 0 amide bonds. The van der Waals surface area contributed by atoms with E-state index in [4.69, 9.17) is 5.73 Å². The van der Waals surface area contributed by atoms with E-state index in [9.17, 15) is 13.2 Å². The van der Waals surface area contributed by atoms with E-state index in [0.29, 0.717) is 13.1 Å². The predicted molar refractivity (Wildman–Crippen MR) is 63.3 cm³/mol. The Morgan fingerprint density at radius 3 is 2.61 bits per heavy atom. The normalized spacial score (nSPS) is 16.4. The Labute approximate surface area is 104 Å². The second kappa shape index (κ2) is 5.14. The molecular weight excluding hydrogens is 243 g/mol. The number of rotatable bonds is 4. The Kier molecular flexibility index (Phi) is 3.75. The summed E-state index contributed by atoms with van der Waals surface area (Å²) in [5.41, 5.74) is 4.82. The number of hydrogen-bond donors (Lipinski definition) is 1. The summed E-state index contributed by atoms with van der Waals surface area (Å²) < 4.78 is 38.8. The molecule has 2 N–H and O–H groups in total. The summed E-state index contributed by atoms with van der Waals surface area (Å²) in [6.07, 6.45) is -0.103. The highest BCUT2D eigenvalue weighted by atomic mass is 19.4. The molecule has 1 fully saturated rings. The molecule has 1 saturated carbocycles. The fourth-order valence-corrected chi connectivity index (χ4v) is 2.15. The first-order chi connectivity index (χ1) is 8.54. The lowest BCUT2D eigenvalue weighted by Gasteiger charge is -2.39. The summed E-state index contributed by atoms with van der Waals surface area (Å²) in [5, 5.41) is 0. The van der Waals surface area contributed by atoms with Crippen LogP contribution in [0.3, 0.4) is 0 Å². The molecule has 3 nitrogen and oxygen atoms in total. The average Bonchev–Trinajstić information content (AvgIpc) is 2.25. The van der Waals surface area contributed by atoms with Gasteiger partial charge in [0.1, 0.15) is 5.82 Å². The molecule has 0 unspecified atom stereocenters. The van der Waals surface area contributed by atoms with E-state index in [1.54, 1.807) is 4.90 Å². The number of pyridine rings is 1. The molecule has 1 aromatic rings. The van der Waals surface area contributed by atoms with Crippen LogP contribution >= 0.6 is 0 Å². The molecule has 0 bridgehead atoms. The summed E-state index contributed by atoms with van der Waals surface area (Å²) in [5.74, 6) is 0.0140. The molecule has 0 radical (unpaired) electrons. The minimum Gasteiger partial charge on any atom is -0.352 e. The quantitative estimate of drug-likeness (QED) is 0.903. The van der Waals surface area contributed by atoms with Gasteiger partial charge in [-0.25, -0.2) is 4.98 Å². The van der Waals surface area contributed by atoms with Crippen molar-refractivity contribution in [1.29, 1.82) is 0 Å². The van der Waals surface area contributed by atoms with Gasteiger partial charge in [0.05, 0.1) is 5.56 Å². The van der Waals surface area contributed by atoms with Crippen molar-refractivity contribution >= 4 is 5.82 Å². The van der Waals surface area contributed by atoms with Gasteiger partial charge < -0.3 is 10.6 Å². The zero-order valence-electron chi connectivity index (χ0n) is 9.95. The molecule has 0 atom stereocenters. The van der Waals surface area contributed by atoms with Crippen LogP contribution in [0.2, 0.25) is 0 Å². The molecule has 0 aliphatic heterocycles. The van der Waals surface area contributed by atoms with Crippen molar-refractivity contribution in [2.75, 3.05) is 18.0 Å². The van der Waals surface area contributed by atoms with E-state index < -0.39 is 11.7 Å². The maximum atomic E-state index is 12.9. The van der Waals surface area contributed by atoms with Gasteiger partial charge in [-0.1, -0.05) is 0 Å². The number of aromatic nitrogens is 1. The van der Waals surface area contributed by atoms with Crippen LogP contribution in [0, 0.1) is 0 Å². The van der Waals surface area contributed by atoms with E-state index in [1.807, 2.05) is 0 Å². The number of alkyl halides is 3. The zero-order chi connectivity index (χ0) is 13.2. The number of nitrogens with two attached hydrogens (primary N) is 1. The molecule has 0 spiro atoms.